The van der Waals surface area contributed by atoms with E-state index in [0.717, 1.165) is 12.0 Å². The van der Waals surface area contributed by atoms with Crippen LogP contribution < -0.4 is 16.7 Å². The average Bonchev–Trinajstić information content (AvgIpc) is 3.02. The van der Waals surface area contributed by atoms with Gasteiger partial charge in [0.1, 0.15) is 5.75 Å². The van der Waals surface area contributed by atoms with Crippen molar-refractivity contribution in [1.82, 2.24) is 19.1 Å². The van der Waals surface area contributed by atoms with Gasteiger partial charge in [-0.25, -0.2) is 10.2 Å². The first-order valence-corrected chi connectivity index (χ1v) is 9.07. The number of aromatic amines is 1. The molecule has 0 bridgehead atoms. The number of phenolic OH excluding ortho intramolecular Hbond substituents is 1. The second kappa shape index (κ2) is 7.71. The number of nitrogens with zero attached hydrogens (tertiary/aromatic N) is 4. The van der Waals surface area contributed by atoms with Crippen LogP contribution in [0.4, 0.5) is 5.95 Å². The second-order valence-corrected chi connectivity index (χ2v) is 7.12. The summed E-state index contributed by atoms with van der Waals surface area (Å²) in [6, 6.07) is 6.68. The molecule has 0 aliphatic heterocycles. The van der Waals surface area contributed by atoms with E-state index in [1.165, 1.54) is 4.57 Å². The quantitative estimate of drug-likeness (QED) is 0.444. The van der Waals surface area contributed by atoms with Crippen LogP contribution >= 0.6 is 0 Å². The molecule has 0 atom stereocenters. The van der Waals surface area contributed by atoms with Crippen LogP contribution in [0.15, 0.2) is 39.0 Å². The van der Waals surface area contributed by atoms with Gasteiger partial charge >= 0.3 is 5.69 Å². The van der Waals surface area contributed by atoms with Gasteiger partial charge in [0.05, 0.1) is 5.71 Å². The molecule has 3 rings (SSSR count). The Morgan fingerprint density at radius 2 is 1.96 bits per heavy atom. The number of H-pyrrole nitrogens is 1. The number of aryl methyl sites for hydroxylation is 2. The van der Waals surface area contributed by atoms with E-state index in [1.54, 1.807) is 35.9 Å². The molecule has 28 heavy (non-hydrogen) atoms. The normalized spacial score (nSPS) is 12.1. The lowest BCUT2D eigenvalue weighted by Crippen LogP contribution is -2.29. The van der Waals surface area contributed by atoms with Crippen molar-refractivity contribution >= 4 is 22.8 Å². The van der Waals surface area contributed by atoms with Gasteiger partial charge in [-0.3, -0.25) is 14.3 Å². The van der Waals surface area contributed by atoms with E-state index in [1.807, 2.05) is 6.92 Å². The minimum atomic E-state index is -0.513. The van der Waals surface area contributed by atoms with Gasteiger partial charge in [0.2, 0.25) is 5.95 Å². The van der Waals surface area contributed by atoms with Gasteiger partial charge in [-0.15, -0.1) is 0 Å². The van der Waals surface area contributed by atoms with E-state index in [-0.39, 0.29) is 5.75 Å². The second-order valence-electron chi connectivity index (χ2n) is 7.12. The lowest BCUT2D eigenvalue weighted by molar-refractivity contribution is 0.475. The molecule has 0 aliphatic rings. The summed E-state index contributed by atoms with van der Waals surface area (Å²) in [7, 11) is 1.56. The number of benzene rings is 1. The molecule has 0 spiro atoms. The van der Waals surface area contributed by atoms with E-state index in [0.29, 0.717) is 35.3 Å². The maximum atomic E-state index is 12.4. The smallest absolute Gasteiger partial charge is 0.329 e. The zero-order chi connectivity index (χ0) is 20.4. The number of phenols is 1. The summed E-state index contributed by atoms with van der Waals surface area (Å²) in [5.41, 5.74) is 4.10. The largest absolute Gasteiger partial charge is 0.508 e. The van der Waals surface area contributed by atoms with Gasteiger partial charge in [-0.05, 0) is 49.1 Å². The monoisotopic (exact) mass is 384 g/mol. The third kappa shape index (κ3) is 3.83. The number of hydrazone groups is 1. The third-order valence-corrected chi connectivity index (χ3v) is 4.55. The highest BCUT2D eigenvalue weighted by molar-refractivity contribution is 5.99. The topological polar surface area (TPSA) is 117 Å². The SMILES string of the molecule is C/C(=N\Nc1nc2c(c(=O)[nH]c(=O)n2C)n1CCC(C)C)c1ccc(O)cc1. The number of anilines is 1. The Hall–Kier alpha value is -3.36. The van der Waals surface area contributed by atoms with Crippen molar-refractivity contribution in [2.75, 3.05) is 5.43 Å². The number of aromatic hydroxyl groups is 1. The molecular weight excluding hydrogens is 360 g/mol. The third-order valence-electron chi connectivity index (χ3n) is 4.55. The van der Waals surface area contributed by atoms with Gasteiger partial charge < -0.3 is 9.67 Å². The minimum Gasteiger partial charge on any atom is -0.508 e. The maximum absolute atomic E-state index is 12.4. The maximum Gasteiger partial charge on any atom is 0.329 e. The van der Waals surface area contributed by atoms with Gasteiger partial charge in [0, 0.05) is 13.6 Å². The number of imidazole rings is 1. The summed E-state index contributed by atoms with van der Waals surface area (Å²) >= 11 is 0. The molecule has 0 amide bonds. The van der Waals surface area contributed by atoms with Gasteiger partial charge in [0.15, 0.2) is 11.2 Å². The van der Waals surface area contributed by atoms with Crippen molar-refractivity contribution in [3.8, 4) is 5.75 Å². The molecule has 0 saturated heterocycles. The predicted octanol–water partition coefficient (Wildman–Crippen LogP) is 2.01. The van der Waals surface area contributed by atoms with Gasteiger partial charge in [-0.1, -0.05) is 13.8 Å². The molecule has 2 heterocycles. The first-order valence-electron chi connectivity index (χ1n) is 9.07. The summed E-state index contributed by atoms with van der Waals surface area (Å²) in [6.07, 6.45) is 0.836. The van der Waals surface area contributed by atoms with Crippen LogP contribution in [-0.2, 0) is 13.6 Å². The summed E-state index contributed by atoms with van der Waals surface area (Å²) in [5, 5.41) is 13.8. The Labute approximate surface area is 161 Å². The molecule has 3 N–H and O–H groups in total. The Morgan fingerprint density at radius 1 is 1.29 bits per heavy atom. The highest BCUT2D eigenvalue weighted by atomic mass is 16.3. The molecule has 0 saturated carbocycles. The van der Waals surface area contributed by atoms with Crippen LogP contribution in [0.25, 0.3) is 11.2 Å². The molecule has 0 unspecified atom stereocenters. The number of nitrogens with one attached hydrogen (secondary N) is 2. The van der Waals surface area contributed by atoms with Crippen molar-refractivity contribution in [2.24, 2.45) is 18.1 Å². The van der Waals surface area contributed by atoms with Crippen LogP contribution in [0, 0.1) is 5.92 Å². The van der Waals surface area contributed by atoms with Crippen molar-refractivity contribution in [3.05, 3.63) is 50.7 Å². The van der Waals surface area contributed by atoms with Crippen molar-refractivity contribution in [2.45, 2.75) is 33.7 Å². The fourth-order valence-corrected chi connectivity index (χ4v) is 2.83. The summed E-state index contributed by atoms with van der Waals surface area (Å²) < 4.78 is 3.06. The van der Waals surface area contributed by atoms with E-state index in [9.17, 15) is 14.7 Å². The Kier molecular flexibility index (Phi) is 5.34. The van der Waals surface area contributed by atoms with E-state index >= 15 is 0 Å². The van der Waals surface area contributed by atoms with Crippen molar-refractivity contribution in [3.63, 3.8) is 0 Å². The molecular formula is C19H24N6O3. The van der Waals surface area contributed by atoms with Crippen LogP contribution in [0.2, 0.25) is 0 Å². The zero-order valence-corrected chi connectivity index (χ0v) is 16.4. The standard InChI is InChI=1S/C19H24N6O3/c1-11(2)9-10-25-15-16(24(4)19(28)21-17(15)27)20-18(25)23-22-12(3)13-5-7-14(26)8-6-13/h5-8,11,26H,9-10H2,1-4H3,(H,20,23)(H,21,27,28)/b22-12+. The molecule has 0 fully saturated rings. The molecule has 2 aromatic heterocycles. The number of hydrogen-bond donors (Lipinski definition) is 3. The van der Waals surface area contributed by atoms with Crippen molar-refractivity contribution < 1.29 is 5.11 Å². The Bertz CT molecular complexity index is 1140. The van der Waals surface area contributed by atoms with Crippen LogP contribution in [-0.4, -0.2) is 29.9 Å². The number of hydrogen-bond acceptors (Lipinski definition) is 6. The molecule has 148 valence electrons. The van der Waals surface area contributed by atoms with Crippen molar-refractivity contribution in [1.29, 1.82) is 0 Å². The lowest BCUT2D eigenvalue weighted by atomic mass is 10.1. The highest BCUT2D eigenvalue weighted by Crippen LogP contribution is 2.18. The first-order chi connectivity index (χ1) is 13.3. The molecule has 3 aromatic rings. The van der Waals surface area contributed by atoms with E-state index < -0.39 is 11.2 Å². The van der Waals surface area contributed by atoms with Crippen LogP contribution in [0.1, 0.15) is 32.8 Å². The number of aromatic nitrogens is 4. The molecule has 9 nitrogen and oxygen atoms in total. The Balaban J connectivity index is 2.05. The fraction of sp³-hybridized carbons (Fsp3) is 0.368. The Morgan fingerprint density at radius 3 is 2.61 bits per heavy atom. The molecule has 9 heteroatoms. The minimum absolute atomic E-state index is 0.181. The van der Waals surface area contributed by atoms with E-state index in [2.05, 4.69) is 34.3 Å². The zero-order valence-electron chi connectivity index (χ0n) is 16.4. The predicted molar refractivity (Wildman–Crippen MR) is 109 cm³/mol. The van der Waals surface area contributed by atoms with E-state index in [4.69, 9.17) is 0 Å². The fourth-order valence-electron chi connectivity index (χ4n) is 2.83. The average molecular weight is 384 g/mol. The van der Waals surface area contributed by atoms with Crippen LogP contribution in [0.5, 0.6) is 5.75 Å². The summed E-state index contributed by atoms with van der Waals surface area (Å²) in [4.78, 5) is 31.1. The molecule has 1 aromatic carbocycles. The number of rotatable bonds is 6. The van der Waals surface area contributed by atoms with Gasteiger partial charge in [0.25, 0.3) is 5.56 Å². The number of fused-ring (bicyclic) bond motifs is 1. The summed E-state index contributed by atoms with van der Waals surface area (Å²) in [6.45, 7) is 6.58. The first kappa shape index (κ1) is 19.4. The lowest BCUT2D eigenvalue weighted by Gasteiger charge is -2.10. The van der Waals surface area contributed by atoms with Gasteiger partial charge in [-0.2, -0.15) is 10.1 Å². The molecule has 0 radical (unpaired) electrons. The summed E-state index contributed by atoms with van der Waals surface area (Å²) in [5.74, 6) is 1.000. The molecule has 0 aliphatic carbocycles. The van der Waals surface area contributed by atoms with Crippen LogP contribution in [0.3, 0.4) is 0 Å². The highest BCUT2D eigenvalue weighted by Gasteiger charge is 2.17.